The monoisotopic (exact) mass is 340 g/mol. The fourth-order valence-corrected chi connectivity index (χ4v) is 3.29. The second-order valence-corrected chi connectivity index (χ2v) is 7.01. The number of carbonyl (C=O) groups excluding carboxylic acids is 1. The summed E-state index contributed by atoms with van der Waals surface area (Å²) in [7, 11) is 0. The highest BCUT2D eigenvalue weighted by molar-refractivity contribution is 7.18. The maximum Gasteiger partial charge on any atom is 0.250 e. The number of rotatable bonds is 6. The second kappa shape index (κ2) is 7.55. The summed E-state index contributed by atoms with van der Waals surface area (Å²) in [6.07, 6.45) is 0. The Morgan fingerprint density at radius 2 is 2.04 bits per heavy atom. The van der Waals surface area contributed by atoms with Crippen molar-refractivity contribution in [1.82, 2.24) is 4.98 Å². The molecule has 2 aromatic carbocycles. The molecule has 0 saturated carbocycles. The minimum absolute atomic E-state index is 0.0157. The van der Waals surface area contributed by atoms with Gasteiger partial charge in [0.15, 0.2) is 0 Å². The molecule has 124 valence electrons. The molecule has 0 aliphatic rings. The van der Waals surface area contributed by atoms with Crippen molar-refractivity contribution in [2.24, 2.45) is 0 Å². The molecule has 3 rings (SSSR count). The average molecular weight is 340 g/mol. The summed E-state index contributed by atoms with van der Waals surface area (Å²) < 4.78 is 6.63. The van der Waals surface area contributed by atoms with Crippen LogP contribution in [0.5, 0.6) is 0 Å². The molecular formula is C19H20N2O2S. The van der Waals surface area contributed by atoms with Crippen LogP contribution in [0, 0.1) is 0 Å². The Labute approximate surface area is 145 Å². The summed E-state index contributed by atoms with van der Waals surface area (Å²) >= 11 is 1.59. The number of hydrogen-bond donors (Lipinski definition) is 1. The number of amides is 1. The lowest BCUT2D eigenvalue weighted by Crippen LogP contribution is -2.18. The molecule has 0 fully saturated rings. The molecule has 5 heteroatoms. The number of ether oxygens (including phenoxy) is 1. The van der Waals surface area contributed by atoms with Crippen LogP contribution in [0.25, 0.3) is 10.2 Å². The molecule has 0 atom stereocenters. The number of nitrogens with one attached hydrogen (secondary N) is 1. The van der Waals surface area contributed by atoms with Gasteiger partial charge in [-0.3, -0.25) is 4.79 Å². The Kier molecular flexibility index (Phi) is 5.23. The number of benzene rings is 2. The lowest BCUT2D eigenvalue weighted by atomic mass is 10.0. The topological polar surface area (TPSA) is 51.2 Å². The summed E-state index contributed by atoms with van der Waals surface area (Å²) in [5.41, 5.74) is 2.97. The van der Waals surface area contributed by atoms with Gasteiger partial charge in [-0.2, -0.15) is 0 Å². The number of thiazole rings is 1. The van der Waals surface area contributed by atoms with Gasteiger partial charge in [0.05, 0.1) is 16.8 Å². The van der Waals surface area contributed by atoms with Crippen LogP contribution in [0.4, 0.5) is 5.69 Å². The van der Waals surface area contributed by atoms with Gasteiger partial charge in [-0.25, -0.2) is 4.98 Å². The Morgan fingerprint density at radius 3 is 2.83 bits per heavy atom. The zero-order valence-corrected chi connectivity index (χ0v) is 14.6. The molecule has 4 nitrogen and oxygen atoms in total. The van der Waals surface area contributed by atoms with Crippen molar-refractivity contribution in [1.29, 1.82) is 0 Å². The van der Waals surface area contributed by atoms with Crippen molar-refractivity contribution >= 4 is 33.1 Å². The minimum atomic E-state index is -0.156. The highest BCUT2D eigenvalue weighted by atomic mass is 32.1. The first kappa shape index (κ1) is 16.6. The Bertz CT molecular complexity index is 809. The maximum atomic E-state index is 12.0. The maximum absolute atomic E-state index is 12.0. The van der Waals surface area contributed by atoms with Crippen LogP contribution in [-0.2, 0) is 16.1 Å². The molecule has 0 aliphatic heterocycles. The number of fused-ring (bicyclic) bond motifs is 1. The van der Waals surface area contributed by atoms with E-state index in [-0.39, 0.29) is 12.5 Å². The first-order valence-corrected chi connectivity index (χ1v) is 8.75. The van der Waals surface area contributed by atoms with E-state index >= 15 is 0 Å². The number of para-hydroxylation sites is 1. The first-order chi connectivity index (χ1) is 11.6. The smallest absolute Gasteiger partial charge is 0.250 e. The van der Waals surface area contributed by atoms with Crippen LogP contribution in [0.15, 0.2) is 48.5 Å². The molecule has 0 radical (unpaired) electrons. The predicted molar refractivity (Wildman–Crippen MR) is 98.4 cm³/mol. The Morgan fingerprint density at radius 1 is 1.21 bits per heavy atom. The van der Waals surface area contributed by atoms with Gasteiger partial charge in [0.1, 0.15) is 11.6 Å². The fraction of sp³-hybridized carbons (Fsp3) is 0.263. The molecule has 1 amide bonds. The van der Waals surface area contributed by atoms with Gasteiger partial charge in [0.2, 0.25) is 5.91 Å². The van der Waals surface area contributed by atoms with Crippen LogP contribution in [0.1, 0.15) is 30.3 Å². The molecule has 0 bridgehead atoms. The largest absolute Gasteiger partial charge is 0.364 e. The molecule has 0 saturated heterocycles. The quantitative estimate of drug-likeness (QED) is 0.715. The van der Waals surface area contributed by atoms with E-state index in [1.54, 1.807) is 11.3 Å². The molecule has 1 heterocycles. The number of aromatic nitrogens is 1. The molecule has 0 aliphatic carbocycles. The summed E-state index contributed by atoms with van der Waals surface area (Å²) in [6, 6.07) is 15.9. The fourth-order valence-electron chi connectivity index (χ4n) is 2.39. The molecule has 24 heavy (non-hydrogen) atoms. The molecular weight excluding hydrogens is 320 g/mol. The lowest BCUT2D eigenvalue weighted by molar-refractivity contribution is -0.121. The number of anilines is 1. The van der Waals surface area contributed by atoms with Crippen LogP contribution in [0.2, 0.25) is 0 Å². The lowest BCUT2D eigenvalue weighted by Gasteiger charge is -2.09. The van der Waals surface area contributed by atoms with Crippen molar-refractivity contribution in [3.05, 3.63) is 59.1 Å². The van der Waals surface area contributed by atoms with Crippen LogP contribution >= 0.6 is 11.3 Å². The first-order valence-electron chi connectivity index (χ1n) is 7.94. The second-order valence-electron chi connectivity index (χ2n) is 5.90. The van der Waals surface area contributed by atoms with Gasteiger partial charge in [-0.1, -0.05) is 38.1 Å². The number of hydrogen-bond acceptors (Lipinski definition) is 4. The third kappa shape index (κ3) is 4.19. The normalized spacial score (nSPS) is 11.1. The third-order valence-electron chi connectivity index (χ3n) is 3.63. The molecule has 0 spiro atoms. The van der Waals surface area contributed by atoms with Crippen LogP contribution in [0.3, 0.4) is 0 Å². The van der Waals surface area contributed by atoms with E-state index in [1.165, 1.54) is 5.56 Å². The van der Waals surface area contributed by atoms with E-state index in [4.69, 9.17) is 4.74 Å². The third-order valence-corrected chi connectivity index (χ3v) is 4.64. The highest BCUT2D eigenvalue weighted by Gasteiger charge is 2.07. The van der Waals surface area contributed by atoms with Gasteiger partial charge in [0.25, 0.3) is 0 Å². The van der Waals surface area contributed by atoms with Crippen molar-refractivity contribution < 1.29 is 9.53 Å². The molecule has 3 aromatic rings. The van der Waals surface area contributed by atoms with Crippen molar-refractivity contribution in [2.45, 2.75) is 26.4 Å². The van der Waals surface area contributed by atoms with E-state index in [2.05, 4.69) is 30.2 Å². The van der Waals surface area contributed by atoms with Crippen molar-refractivity contribution in [3.8, 4) is 0 Å². The zero-order chi connectivity index (χ0) is 16.9. The Balaban J connectivity index is 1.51. The predicted octanol–water partition coefficient (Wildman–Crippen LogP) is 4.58. The SMILES string of the molecule is CC(C)c1cccc(NC(=O)COCc2nc3ccccc3s2)c1. The molecule has 1 aromatic heterocycles. The molecule has 1 N–H and O–H groups in total. The van der Waals surface area contributed by atoms with E-state index in [0.717, 1.165) is 20.9 Å². The van der Waals surface area contributed by atoms with Crippen molar-refractivity contribution in [2.75, 3.05) is 11.9 Å². The number of nitrogens with zero attached hydrogens (tertiary/aromatic N) is 1. The summed E-state index contributed by atoms with van der Waals surface area (Å²) in [5, 5.41) is 3.75. The Hall–Kier alpha value is -2.24. The van der Waals surface area contributed by atoms with Gasteiger partial charge >= 0.3 is 0 Å². The minimum Gasteiger partial charge on any atom is -0.364 e. The van der Waals surface area contributed by atoms with E-state index < -0.39 is 0 Å². The molecule has 0 unspecified atom stereocenters. The average Bonchev–Trinajstić information content (AvgIpc) is 2.97. The standard InChI is InChI=1S/C19H20N2O2S/c1-13(2)14-6-5-7-15(10-14)20-18(22)11-23-12-19-21-16-8-3-4-9-17(16)24-19/h3-10,13H,11-12H2,1-2H3,(H,20,22). The summed E-state index contributed by atoms with van der Waals surface area (Å²) in [5.74, 6) is 0.272. The van der Waals surface area contributed by atoms with Crippen LogP contribution in [-0.4, -0.2) is 17.5 Å². The van der Waals surface area contributed by atoms with E-state index in [1.807, 2.05) is 42.5 Å². The van der Waals surface area contributed by atoms with Gasteiger partial charge < -0.3 is 10.1 Å². The highest BCUT2D eigenvalue weighted by Crippen LogP contribution is 2.22. The van der Waals surface area contributed by atoms with E-state index in [9.17, 15) is 4.79 Å². The number of carbonyl (C=O) groups is 1. The van der Waals surface area contributed by atoms with Crippen LogP contribution < -0.4 is 5.32 Å². The van der Waals surface area contributed by atoms with Gasteiger partial charge in [0, 0.05) is 5.69 Å². The van der Waals surface area contributed by atoms with Gasteiger partial charge in [-0.05, 0) is 35.7 Å². The van der Waals surface area contributed by atoms with Crippen molar-refractivity contribution in [3.63, 3.8) is 0 Å². The summed E-state index contributed by atoms with van der Waals surface area (Å²) in [6.45, 7) is 4.62. The zero-order valence-electron chi connectivity index (χ0n) is 13.8. The van der Waals surface area contributed by atoms with Gasteiger partial charge in [-0.15, -0.1) is 11.3 Å². The van der Waals surface area contributed by atoms with E-state index in [0.29, 0.717) is 12.5 Å². The summed E-state index contributed by atoms with van der Waals surface area (Å²) in [4.78, 5) is 16.5.